The van der Waals surface area contributed by atoms with Crippen molar-refractivity contribution in [1.82, 2.24) is 19.6 Å². The van der Waals surface area contributed by atoms with E-state index in [1.165, 1.54) is 11.3 Å². The van der Waals surface area contributed by atoms with Crippen molar-refractivity contribution in [2.75, 3.05) is 26.0 Å². The molecular formula is C26H36N4O4S2. The molecule has 1 aromatic carbocycles. The zero-order valence-corrected chi connectivity index (χ0v) is 23.6. The molecule has 10 heteroatoms. The summed E-state index contributed by atoms with van der Waals surface area (Å²) in [6.07, 6.45) is 5.51. The molecule has 0 spiro atoms. The highest BCUT2D eigenvalue weighted by Crippen LogP contribution is 2.26. The predicted molar refractivity (Wildman–Crippen MR) is 146 cm³/mol. The molecule has 1 aliphatic heterocycles. The van der Waals surface area contributed by atoms with Gasteiger partial charge in [0.1, 0.15) is 10.5 Å². The van der Waals surface area contributed by atoms with Crippen molar-refractivity contribution < 1.29 is 19.1 Å². The molecular weight excluding hydrogens is 496 g/mol. The van der Waals surface area contributed by atoms with Gasteiger partial charge in [0, 0.05) is 30.6 Å². The van der Waals surface area contributed by atoms with Crippen LogP contribution < -0.4 is 5.32 Å². The van der Waals surface area contributed by atoms with Crippen molar-refractivity contribution in [3.63, 3.8) is 0 Å². The number of nitrogens with one attached hydrogen (secondary N) is 1. The van der Waals surface area contributed by atoms with E-state index in [9.17, 15) is 9.59 Å². The first kappa shape index (κ1) is 26.8. The Morgan fingerprint density at radius 2 is 2.08 bits per heavy atom. The molecule has 36 heavy (non-hydrogen) atoms. The van der Waals surface area contributed by atoms with Gasteiger partial charge in [-0.3, -0.25) is 9.20 Å². The van der Waals surface area contributed by atoms with E-state index < -0.39 is 5.60 Å². The number of carbonyl (C=O) groups is 2. The third kappa shape index (κ3) is 6.52. The van der Waals surface area contributed by atoms with E-state index in [1.54, 1.807) is 16.7 Å². The van der Waals surface area contributed by atoms with Crippen LogP contribution in [0.3, 0.4) is 0 Å². The summed E-state index contributed by atoms with van der Waals surface area (Å²) in [6, 6.07) is 5.99. The first-order valence-electron chi connectivity index (χ1n) is 12.3. The molecule has 3 aromatic rings. The third-order valence-electron chi connectivity index (χ3n) is 6.09. The smallest absolute Gasteiger partial charge is 0.410 e. The van der Waals surface area contributed by atoms with Gasteiger partial charge in [-0.25, -0.2) is 9.78 Å². The number of carbonyl (C=O) groups excluding carboxylic acids is 2. The number of thiazole rings is 1. The number of amides is 2. The molecule has 0 saturated carbocycles. The topological polar surface area (TPSA) is 85.2 Å². The summed E-state index contributed by atoms with van der Waals surface area (Å²) in [5.41, 5.74) is 2.14. The molecule has 196 valence electrons. The number of rotatable bonds is 8. The second kappa shape index (κ2) is 10.6. The summed E-state index contributed by atoms with van der Waals surface area (Å²) in [7, 11) is 0. The average molecular weight is 533 g/mol. The van der Waals surface area contributed by atoms with Crippen LogP contribution in [0.4, 0.5) is 4.79 Å². The maximum Gasteiger partial charge on any atom is 0.410 e. The van der Waals surface area contributed by atoms with Crippen LogP contribution in [0.2, 0.25) is 0 Å². The monoisotopic (exact) mass is 532 g/mol. The van der Waals surface area contributed by atoms with Gasteiger partial charge in [0.25, 0.3) is 5.91 Å². The zero-order chi connectivity index (χ0) is 26.1. The van der Waals surface area contributed by atoms with E-state index in [4.69, 9.17) is 14.5 Å². The minimum atomic E-state index is -0.577. The van der Waals surface area contributed by atoms with Crippen molar-refractivity contribution in [2.45, 2.75) is 70.5 Å². The average Bonchev–Trinajstić information content (AvgIpc) is 3.53. The van der Waals surface area contributed by atoms with Crippen LogP contribution >= 0.6 is 23.1 Å². The molecule has 1 atom stereocenters. The van der Waals surface area contributed by atoms with Crippen LogP contribution in [0.1, 0.15) is 62.7 Å². The first-order chi connectivity index (χ1) is 16.9. The number of fused-ring (bicyclic) bond motifs is 3. The molecule has 1 aliphatic rings. The Balaban J connectivity index is 1.56. The fourth-order valence-electron chi connectivity index (χ4n) is 4.00. The Kier molecular flexibility index (Phi) is 7.87. The Labute approximate surface area is 220 Å². The van der Waals surface area contributed by atoms with E-state index in [0.29, 0.717) is 24.5 Å². The third-order valence-corrected chi connectivity index (χ3v) is 8.32. The largest absolute Gasteiger partial charge is 0.444 e. The predicted octanol–water partition coefficient (Wildman–Crippen LogP) is 5.34. The van der Waals surface area contributed by atoms with Crippen molar-refractivity contribution in [1.29, 1.82) is 0 Å². The molecule has 3 heterocycles. The molecule has 1 N–H and O–H groups in total. The summed E-state index contributed by atoms with van der Waals surface area (Å²) in [6.45, 7) is 12.0. The molecule has 4 rings (SSSR count). The van der Waals surface area contributed by atoms with E-state index in [2.05, 4.69) is 19.2 Å². The van der Waals surface area contributed by atoms with Gasteiger partial charge in [-0.1, -0.05) is 17.4 Å². The Morgan fingerprint density at radius 1 is 1.31 bits per heavy atom. The first-order valence-corrected chi connectivity index (χ1v) is 14.3. The number of hydrogen-bond donors (Lipinski definition) is 1. The zero-order valence-electron chi connectivity index (χ0n) is 21.9. The number of ether oxygens (including phenoxy) is 2. The fraction of sp³-hybridized carbons (Fsp3) is 0.577. The number of thioether (sulfide) groups is 1. The van der Waals surface area contributed by atoms with Crippen molar-refractivity contribution in [3.05, 3.63) is 34.8 Å². The second-order valence-electron chi connectivity index (χ2n) is 10.8. The number of imidazole rings is 1. The maximum absolute atomic E-state index is 13.0. The van der Waals surface area contributed by atoms with E-state index in [0.717, 1.165) is 41.0 Å². The fourth-order valence-corrected chi connectivity index (χ4v) is 5.13. The number of aromatic nitrogens is 2. The van der Waals surface area contributed by atoms with Gasteiger partial charge in [-0.2, -0.15) is 11.8 Å². The maximum atomic E-state index is 13.0. The molecule has 1 unspecified atom stereocenters. The lowest BCUT2D eigenvalue weighted by Gasteiger charge is -2.29. The highest BCUT2D eigenvalue weighted by atomic mass is 32.2. The summed E-state index contributed by atoms with van der Waals surface area (Å²) in [5.74, 6) is -0.0930. The highest BCUT2D eigenvalue weighted by molar-refractivity contribution is 7.99. The summed E-state index contributed by atoms with van der Waals surface area (Å²) in [5, 5.41) is 3.03. The van der Waals surface area contributed by atoms with Crippen LogP contribution in [0, 0.1) is 0 Å². The van der Waals surface area contributed by atoms with Gasteiger partial charge in [0.15, 0.2) is 4.96 Å². The van der Waals surface area contributed by atoms with E-state index in [-0.39, 0.29) is 22.9 Å². The Morgan fingerprint density at radius 3 is 2.75 bits per heavy atom. The van der Waals surface area contributed by atoms with Gasteiger partial charge < -0.3 is 19.7 Å². The minimum absolute atomic E-state index is 0.0250. The van der Waals surface area contributed by atoms with Crippen molar-refractivity contribution >= 4 is 51.1 Å². The molecule has 1 fully saturated rings. The number of hydrogen-bond acceptors (Lipinski definition) is 7. The molecule has 8 nitrogen and oxygen atoms in total. The van der Waals surface area contributed by atoms with Crippen LogP contribution in [0.15, 0.2) is 24.4 Å². The lowest BCUT2D eigenvalue weighted by molar-refractivity contribution is 0.00860. The quantitative estimate of drug-likeness (QED) is 0.422. The molecule has 0 aliphatic carbocycles. The summed E-state index contributed by atoms with van der Waals surface area (Å²) in [4.78, 5) is 33.6. The Hall–Kier alpha value is -2.30. The standard InChI is InChI=1S/C26H36N4O4S2/c1-25(2,3)34-24(32)29(14-18-8-7-11-33-18)13-17-9-10-19-20(12-17)30-15-21(36-23(30)28-19)22(31)27-16-26(4,5)35-6/h9-10,12,15,18H,7-8,11,13-14,16H2,1-6H3,(H,27,31). The van der Waals surface area contributed by atoms with Crippen molar-refractivity contribution in [2.24, 2.45) is 0 Å². The molecule has 0 radical (unpaired) electrons. The Bertz CT molecular complexity index is 1240. The summed E-state index contributed by atoms with van der Waals surface area (Å²) < 4.78 is 13.4. The normalized spacial score (nSPS) is 16.6. The van der Waals surface area contributed by atoms with Gasteiger partial charge >= 0.3 is 6.09 Å². The van der Waals surface area contributed by atoms with Gasteiger partial charge in [-0.05, 0) is 71.4 Å². The van der Waals surface area contributed by atoms with Crippen LogP contribution in [-0.2, 0) is 16.0 Å². The van der Waals surface area contributed by atoms with Gasteiger partial charge in [0.2, 0.25) is 0 Å². The van der Waals surface area contributed by atoms with Crippen molar-refractivity contribution in [3.8, 4) is 0 Å². The van der Waals surface area contributed by atoms with E-state index >= 15 is 0 Å². The summed E-state index contributed by atoms with van der Waals surface area (Å²) >= 11 is 3.09. The van der Waals surface area contributed by atoms with E-state index in [1.807, 2.05) is 55.8 Å². The lowest BCUT2D eigenvalue weighted by Crippen LogP contribution is -2.40. The number of benzene rings is 1. The SMILES string of the molecule is CSC(C)(C)CNC(=O)c1cn2c(nc3ccc(CN(CC4CCCO4)C(=O)OC(C)(C)C)cc32)s1. The second-order valence-corrected chi connectivity index (χ2v) is 13.3. The molecule has 2 aromatic heterocycles. The lowest BCUT2D eigenvalue weighted by atomic mass is 10.1. The molecule has 1 saturated heterocycles. The van der Waals surface area contributed by atoms with Gasteiger partial charge in [-0.15, -0.1) is 0 Å². The van der Waals surface area contributed by atoms with Crippen LogP contribution in [0.5, 0.6) is 0 Å². The molecule has 0 bridgehead atoms. The minimum Gasteiger partial charge on any atom is -0.444 e. The van der Waals surface area contributed by atoms with Crippen LogP contribution in [-0.4, -0.2) is 68.7 Å². The molecule has 2 amide bonds. The number of nitrogens with zero attached hydrogens (tertiary/aromatic N) is 3. The van der Waals surface area contributed by atoms with Crippen LogP contribution in [0.25, 0.3) is 16.0 Å². The highest BCUT2D eigenvalue weighted by Gasteiger charge is 2.27. The van der Waals surface area contributed by atoms with Gasteiger partial charge in [0.05, 0.1) is 23.7 Å².